The number of rotatable bonds is 2. The predicted octanol–water partition coefficient (Wildman–Crippen LogP) is 1.79. The number of alkyl halides is 1. The molecule has 3 N–H and O–H groups in total. The van der Waals surface area contributed by atoms with Crippen LogP contribution in [0.5, 0.6) is 5.75 Å². The minimum Gasteiger partial charge on any atom is -0.497 e. The summed E-state index contributed by atoms with van der Waals surface area (Å²) < 4.78 is 5.28. The molecule has 130 valence electrons. The maximum absolute atomic E-state index is 6.34. The van der Waals surface area contributed by atoms with Gasteiger partial charge in [-0.15, -0.1) is 11.6 Å². The van der Waals surface area contributed by atoms with E-state index in [1.54, 1.807) is 7.11 Å². The Morgan fingerprint density at radius 2 is 2.12 bits per heavy atom. The SMILES string of the molecule is COc1ccc(C2c3[nH]c4c(c3CCN2C(N)=S)=CC(Cl)CC=4)cc1. The van der Waals surface area contributed by atoms with Crippen molar-refractivity contribution in [2.45, 2.75) is 24.3 Å². The summed E-state index contributed by atoms with van der Waals surface area (Å²) in [5.41, 5.74) is 9.65. The summed E-state index contributed by atoms with van der Waals surface area (Å²) in [4.78, 5) is 5.69. The van der Waals surface area contributed by atoms with Crippen LogP contribution >= 0.6 is 23.8 Å². The summed E-state index contributed by atoms with van der Waals surface area (Å²) in [5.74, 6) is 0.832. The van der Waals surface area contributed by atoms with Gasteiger partial charge in [-0.1, -0.05) is 24.3 Å². The van der Waals surface area contributed by atoms with Gasteiger partial charge in [0, 0.05) is 22.8 Å². The first kappa shape index (κ1) is 16.5. The highest BCUT2D eigenvalue weighted by molar-refractivity contribution is 7.80. The largest absolute Gasteiger partial charge is 0.497 e. The number of methoxy groups -OCH3 is 1. The lowest BCUT2D eigenvalue weighted by Gasteiger charge is -2.36. The molecule has 2 atom stereocenters. The quantitative estimate of drug-likeness (QED) is 0.622. The predicted molar refractivity (Wildman–Crippen MR) is 105 cm³/mol. The Hall–Kier alpha value is -1.98. The van der Waals surface area contributed by atoms with Crippen LogP contribution in [-0.2, 0) is 6.42 Å². The molecule has 0 spiro atoms. The zero-order valence-corrected chi connectivity index (χ0v) is 15.5. The van der Waals surface area contributed by atoms with Gasteiger partial charge in [0.2, 0.25) is 0 Å². The van der Waals surface area contributed by atoms with Crippen molar-refractivity contribution in [1.82, 2.24) is 9.88 Å². The van der Waals surface area contributed by atoms with Crippen LogP contribution in [0.2, 0.25) is 0 Å². The smallest absolute Gasteiger partial charge is 0.167 e. The number of H-pyrrole nitrogens is 1. The van der Waals surface area contributed by atoms with Gasteiger partial charge in [0.15, 0.2) is 5.11 Å². The second-order valence-electron chi connectivity index (χ2n) is 6.42. The lowest BCUT2D eigenvalue weighted by Crippen LogP contribution is -2.44. The number of nitrogens with zero attached hydrogens (tertiary/aromatic N) is 1. The molecule has 0 fully saturated rings. The van der Waals surface area contributed by atoms with E-state index in [4.69, 9.17) is 34.3 Å². The second kappa shape index (κ2) is 6.39. The highest BCUT2D eigenvalue weighted by Crippen LogP contribution is 2.33. The Balaban J connectivity index is 1.89. The fourth-order valence-electron chi connectivity index (χ4n) is 3.82. The third-order valence-corrected chi connectivity index (χ3v) is 5.55. The summed E-state index contributed by atoms with van der Waals surface area (Å²) in [7, 11) is 1.67. The van der Waals surface area contributed by atoms with E-state index in [1.807, 2.05) is 12.1 Å². The second-order valence-corrected chi connectivity index (χ2v) is 7.40. The Kier molecular flexibility index (Phi) is 4.21. The molecule has 2 aromatic rings. The maximum Gasteiger partial charge on any atom is 0.167 e. The first-order chi connectivity index (χ1) is 12.1. The fraction of sp³-hybridized carbons (Fsp3) is 0.316. The summed E-state index contributed by atoms with van der Waals surface area (Å²) in [6, 6.07) is 8.06. The van der Waals surface area contributed by atoms with Crippen molar-refractivity contribution in [1.29, 1.82) is 0 Å². The number of thiocarbonyl (C=S) groups is 1. The minimum absolute atomic E-state index is 0.0201. The van der Waals surface area contributed by atoms with Gasteiger partial charge in [0.05, 0.1) is 18.5 Å². The molecule has 1 aromatic heterocycles. The van der Waals surface area contributed by atoms with Crippen molar-refractivity contribution >= 4 is 41.1 Å². The average molecular weight is 374 g/mol. The number of benzene rings is 1. The van der Waals surface area contributed by atoms with E-state index < -0.39 is 0 Å². The molecule has 25 heavy (non-hydrogen) atoms. The van der Waals surface area contributed by atoms with Gasteiger partial charge in [0.25, 0.3) is 0 Å². The zero-order chi connectivity index (χ0) is 17.6. The average Bonchev–Trinajstić information content (AvgIpc) is 2.98. The summed E-state index contributed by atoms with van der Waals surface area (Å²) >= 11 is 11.7. The Morgan fingerprint density at radius 3 is 2.80 bits per heavy atom. The monoisotopic (exact) mass is 373 g/mol. The zero-order valence-electron chi connectivity index (χ0n) is 14.0. The lowest BCUT2D eigenvalue weighted by atomic mass is 9.92. The van der Waals surface area contributed by atoms with Crippen molar-refractivity contribution in [3.05, 3.63) is 51.7 Å². The molecule has 0 saturated heterocycles. The Bertz CT molecular complexity index is 935. The van der Waals surface area contributed by atoms with Crippen LogP contribution in [0, 0.1) is 0 Å². The van der Waals surface area contributed by atoms with Gasteiger partial charge in [-0.05, 0) is 48.3 Å². The van der Waals surface area contributed by atoms with Crippen molar-refractivity contribution in [3.63, 3.8) is 0 Å². The molecule has 1 aliphatic heterocycles. The number of halogens is 1. The molecule has 0 amide bonds. The molecular weight excluding hydrogens is 354 g/mol. The topological polar surface area (TPSA) is 54.3 Å². The summed E-state index contributed by atoms with van der Waals surface area (Å²) in [6.45, 7) is 0.796. The van der Waals surface area contributed by atoms with E-state index in [0.29, 0.717) is 5.11 Å². The van der Waals surface area contributed by atoms with E-state index >= 15 is 0 Å². The van der Waals surface area contributed by atoms with Crippen molar-refractivity contribution in [2.75, 3.05) is 13.7 Å². The molecule has 2 aliphatic rings. The molecule has 1 aromatic carbocycles. The van der Waals surface area contributed by atoms with E-state index in [-0.39, 0.29) is 11.4 Å². The van der Waals surface area contributed by atoms with Crippen molar-refractivity contribution in [2.24, 2.45) is 5.73 Å². The molecule has 2 unspecified atom stereocenters. The van der Waals surface area contributed by atoms with Gasteiger partial charge in [-0.2, -0.15) is 0 Å². The van der Waals surface area contributed by atoms with Crippen LogP contribution in [0.25, 0.3) is 12.2 Å². The molecule has 4 rings (SSSR count). The normalized spacial score (nSPS) is 21.6. The van der Waals surface area contributed by atoms with Gasteiger partial charge in [-0.3, -0.25) is 0 Å². The van der Waals surface area contributed by atoms with Crippen molar-refractivity contribution < 1.29 is 4.74 Å². The molecule has 0 saturated carbocycles. The van der Waals surface area contributed by atoms with Crippen LogP contribution in [-0.4, -0.2) is 34.0 Å². The molecule has 1 aliphatic carbocycles. The number of hydrogen-bond acceptors (Lipinski definition) is 2. The summed E-state index contributed by atoms with van der Waals surface area (Å²) in [6.07, 6.45) is 6.09. The van der Waals surface area contributed by atoms with Gasteiger partial charge in [0.1, 0.15) is 5.75 Å². The lowest BCUT2D eigenvalue weighted by molar-refractivity contribution is 0.335. The highest BCUT2D eigenvalue weighted by Gasteiger charge is 2.32. The first-order valence-corrected chi connectivity index (χ1v) is 9.20. The minimum atomic E-state index is -0.0201. The van der Waals surface area contributed by atoms with Crippen LogP contribution in [0.15, 0.2) is 24.3 Å². The third kappa shape index (κ3) is 2.81. The number of ether oxygens (including phenoxy) is 1. The van der Waals surface area contributed by atoms with Crippen molar-refractivity contribution in [3.8, 4) is 5.75 Å². The van der Waals surface area contributed by atoms with Crippen LogP contribution in [0.1, 0.15) is 29.3 Å². The fourth-order valence-corrected chi connectivity index (χ4v) is 4.23. The Labute approximate surface area is 156 Å². The van der Waals surface area contributed by atoms with Gasteiger partial charge >= 0.3 is 0 Å². The third-order valence-electron chi connectivity index (χ3n) is 5.01. The van der Waals surface area contributed by atoms with E-state index in [1.165, 1.54) is 10.8 Å². The van der Waals surface area contributed by atoms with Gasteiger partial charge in [-0.25, -0.2) is 0 Å². The number of nitrogens with one attached hydrogen (secondary N) is 1. The molecular formula is C19H20ClN3OS. The molecule has 2 heterocycles. The highest BCUT2D eigenvalue weighted by atomic mass is 35.5. The molecule has 0 radical (unpaired) electrons. The number of aromatic nitrogens is 1. The number of fused-ring (bicyclic) bond motifs is 3. The number of hydrogen-bond donors (Lipinski definition) is 2. The van der Waals surface area contributed by atoms with E-state index in [9.17, 15) is 0 Å². The standard InChI is InChI=1S/C19H20ClN3OS/c1-24-13-5-2-11(3-6-13)18-17-14(8-9-23(18)19(21)25)15-10-12(20)4-7-16(15)22-17/h2-3,5-7,10,12,18,22H,4,8-9H2,1H3,(H2,21,25). The van der Waals surface area contributed by atoms with E-state index in [0.717, 1.165) is 41.7 Å². The first-order valence-electron chi connectivity index (χ1n) is 8.35. The molecule has 4 nitrogen and oxygen atoms in total. The summed E-state index contributed by atoms with van der Waals surface area (Å²) in [5, 5.41) is 2.87. The number of aromatic amines is 1. The van der Waals surface area contributed by atoms with Crippen LogP contribution in [0.3, 0.4) is 0 Å². The number of nitrogens with two attached hydrogens (primary N) is 1. The van der Waals surface area contributed by atoms with E-state index in [2.05, 4.69) is 34.2 Å². The molecule has 0 bridgehead atoms. The van der Waals surface area contributed by atoms with Crippen LogP contribution < -0.4 is 21.0 Å². The van der Waals surface area contributed by atoms with Crippen LogP contribution in [0.4, 0.5) is 0 Å². The molecule has 6 heteroatoms. The Morgan fingerprint density at radius 1 is 1.36 bits per heavy atom. The maximum atomic E-state index is 6.34. The van der Waals surface area contributed by atoms with Gasteiger partial charge < -0.3 is 20.4 Å².